The normalized spacial score (nSPS) is 16.8. The number of hydrogen-bond acceptors (Lipinski definition) is 4. The van der Waals surface area contributed by atoms with E-state index in [1.165, 1.54) is 6.42 Å². The van der Waals surface area contributed by atoms with Gasteiger partial charge in [0, 0.05) is 40.5 Å². The van der Waals surface area contributed by atoms with Crippen molar-refractivity contribution in [1.29, 1.82) is 0 Å². The van der Waals surface area contributed by atoms with Gasteiger partial charge < -0.3 is 9.88 Å². The van der Waals surface area contributed by atoms with Crippen LogP contribution >= 0.6 is 0 Å². The van der Waals surface area contributed by atoms with Crippen LogP contribution < -0.4 is 5.32 Å². The topological polar surface area (TPSA) is 76.9 Å². The van der Waals surface area contributed by atoms with E-state index in [-0.39, 0.29) is 11.9 Å². The smallest absolute Gasteiger partial charge is 0.251 e. The second-order valence-corrected chi connectivity index (χ2v) is 7.49. The van der Waals surface area contributed by atoms with Crippen LogP contribution in [0, 0.1) is 0 Å². The van der Waals surface area contributed by atoms with Gasteiger partial charge in [-0.1, -0.05) is 6.42 Å². The molecule has 2 unspecified atom stereocenters. The molecule has 0 spiro atoms. The van der Waals surface area contributed by atoms with E-state index in [1.54, 1.807) is 30.5 Å². The second kappa shape index (κ2) is 7.25. The molecule has 7 heteroatoms. The Kier molecular flexibility index (Phi) is 5.08. The summed E-state index contributed by atoms with van der Waals surface area (Å²) in [5.74, 6) is 1.66. The minimum absolute atomic E-state index is 0.165. The lowest BCUT2D eigenvalue weighted by atomic mass is 10.2. The summed E-state index contributed by atoms with van der Waals surface area (Å²) in [6, 6.07) is 6.63. The first-order chi connectivity index (χ1) is 11.6. The van der Waals surface area contributed by atoms with E-state index in [0.717, 1.165) is 37.5 Å². The Bertz CT molecular complexity index is 754. The van der Waals surface area contributed by atoms with Crippen molar-refractivity contribution in [1.82, 2.24) is 20.1 Å². The molecule has 0 bridgehead atoms. The van der Waals surface area contributed by atoms with Crippen molar-refractivity contribution in [2.24, 2.45) is 0 Å². The quantitative estimate of drug-likeness (QED) is 0.921. The van der Waals surface area contributed by atoms with E-state index in [2.05, 4.69) is 20.1 Å². The molecule has 2 aromatic rings. The molecule has 1 N–H and O–H groups in total. The van der Waals surface area contributed by atoms with Crippen molar-refractivity contribution in [3.05, 3.63) is 41.5 Å². The Hall–Kier alpha value is -2.02. The number of nitrogens with zero attached hydrogens (tertiary/aromatic N) is 3. The number of carbonyl (C=O) groups excluding carboxylic acids is 1. The zero-order chi connectivity index (χ0) is 17.1. The Morgan fingerprint density at radius 2 is 1.96 bits per heavy atom. The van der Waals surface area contributed by atoms with Crippen molar-refractivity contribution in [2.75, 3.05) is 6.26 Å². The number of carbonyl (C=O) groups is 1. The molecule has 1 aromatic carbocycles. The lowest BCUT2D eigenvalue weighted by molar-refractivity contribution is 0.0937. The second-order valence-electron chi connectivity index (χ2n) is 6.11. The molecule has 2 heterocycles. The highest BCUT2D eigenvalue weighted by Crippen LogP contribution is 2.19. The van der Waals surface area contributed by atoms with Gasteiger partial charge in [-0.05, 0) is 44.0 Å². The Morgan fingerprint density at radius 1 is 1.21 bits per heavy atom. The zero-order valence-electron chi connectivity index (χ0n) is 14.0. The minimum Gasteiger partial charge on any atom is -0.342 e. The van der Waals surface area contributed by atoms with Gasteiger partial charge in [0.2, 0.25) is 0 Å². The van der Waals surface area contributed by atoms with Crippen LogP contribution in [0.15, 0.2) is 29.2 Å². The number of aromatic nitrogens is 3. The molecule has 0 aliphatic carbocycles. The van der Waals surface area contributed by atoms with E-state index in [0.29, 0.717) is 10.5 Å². The molecule has 24 heavy (non-hydrogen) atoms. The highest BCUT2D eigenvalue weighted by molar-refractivity contribution is 7.84. The number of hydrogen-bond donors (Lipinski definition) is 1. The minimum atomic E-state index is -1.04. The molecular weight excluding hydrogens is 324 g/mol. The number of fused-ring (bicyclic) bond motifs is 1. The van der Waals surface area contributed by atoms with E-state index in [1.807, 2.05) is 6.92 Å². The van der Waals surface area contributed by atoms with Gasteiger partial charge in [0.05, 0.1) is 6.04 Å². The third kappa shape index (κ3) is 3.56. The van der Waals surface area contributed by atoms with Crippen LogP contribution in [-0.2, 0) is 23.8 Å². The van der Waals surface area contributed by atoms with Gasteiger partial charge in [0.1, 0.15) is 5.82 Å². The van der Waals surface area contributed by atoms with Crippen molar-refractivity contribution < 1.29 is 9.00 Å². The van der Waals surface area contributed by atoms with Crippen LogP contribution in [0.2, 0.25) is 0 Å². The zero-order valence-corrected chi connectivity index (χ0v) is 14.8. The summed E-state index contributed by atoms with van der Waals surface area (Å²) in [7, 11) is -1.04. The van der Waals surface area contributed by atoms with Gasteiger partial charge in [-0.2, -0.15) is 0 Å². The van der Waals surface area contributed by atoms with E-state index in [9.17, 15) is 9.00 Å². The molecule has 0 radical (unpaired) electrons. The maximum absolute atomic E-state index is 12.4. The summed E-state index contributed by atoms with van der Waals surface area (Å²) in [6.45, 7) is 2.84. The van der Waals surface area contributed by atoms with Crippen LogP contribution in [0.5, 0.6) is 0 Å². The monoisotopic (exact) mass is 346 g/mol. The SMILES string of the molecule is CC(NC(=O)c1ccc(S(C)=O)cc1)c1nnc2n1CCCCC2. The lowest BCUT2D eigenvalue weighted by Crippen LogP contribution is -2.29. The molecule has 0 saturated heterocycles. The van der Waals surface area contributed by atoms with Gasteiger partial charge in [-0.25, -0.2) is 0 Å². The van der Waals surface area contributed by atoms with Gasteiger partial charge in [-0.15, -0.1) is 10.2 Å². The fourth-order valence-corrected chi connectivity index (χ4v) is 3.49. The summed E-state index contributed by atoms with van der Waals surface area (Å²) >= 11 is 0. The number of nitrogens with one attached hydrogen (secondary N) is 1. The number of rotatable bonds is 4. The average Bonchev–Trinajstić information content (AvgIpc) is 2.84. The molecule has 3 rings (SSSR count). The van der Waals surface area contributed by atoms with Crippen molar-refractivity contribution in [2.45, 2.75) is 50.1 Å². The first-order valence-corrected chi connectivity index (χ1v) is 9.78. The highest BCUT2D eigenvalue weighted by Gasteiger charge is 2.21. The molecule has 2 atom stereocenters. The van der Waals surface area contributed by atoms with Crippen LogP contribution in [0.4, 0.5) is 0 Å². The molecular formula is C17H22N4O2S. The third-order valence-corrected chi connectivity index (χ3v) is 5.26. The number of amides is 1. The summed E-state index contributed by atoms with van der Waals surface area (Å²) in [6.07, 6.45) is 6.03. The fourth-order valence-electron chi connectivity index (χ4n) is 2.97. The average molecular weight is 346 g/mol. The van der Waals surface area contributed by atoms with Crippen molar-refractivity contribution in [3.63, 3.8) is 0 Å². The maximum Gasteiger partial charge on any atom is 0.251 e. The molecule has 1 amide bonds. The van der Waals surface area contributed by atoms with Gasteiger partial charge in [0.15, 0.2) is 5.82 Å². The predicted molar refractivity (Wildman–Crippen MR) is 92.2 cm³/mol. The molecule has 1 aliphatic rings. The van der Waals surface area contributed by atoms with Gasteiger partial charge in [-0.3, -0.25) is 9.00 Å². The lowest BCUT2D eigenvalue weighted by Gasteiger charge is -2.15. The van der Waals surface area contributed by atoms with Gasteiger partial charge in [0.25, 0.3) is 5.91 Å². The van der Waals surface area contributed by atoms with Crippen LogP contribution in [0.3, 0.4) is 0 Å². The van der Waals surface area contributed by atoms with Crippen LogP contribution in [0.25, 0.3) is 0 Å². The van der Waals surface area contributed by atoms with Crippen LogP contribution in [0.1, 0.15) is 54.2 Å². The summed E-state index contributed by atoms with van der Waals surface area (Å²) in [5.41, 5.74) is 0.548. The summed E-state index contributed by atoms with van der Waals surface area (Å²) < 4.78 is 13.6. The Morgan fingerprint density at radius 3 is 2.67 bits per heavy atom. The third-order valence-electron chi connectivity index (χ3n) is 4.32. The van der Waals surface area contributed by atoms with E-state index in [4.69, 9.17) is 0 Å². The van der Waals surface area contributed by atoms with Crippen molar-refractivity contribution >= 4 is 16.7 Å². The Labute approximate surface area is 144 Å². The molecule has 0 fully saturated rings. The first-order valence-electron chi connectivity index (χ1n) is 8.22. The standard InChI is InChI=1S/C17H22N4O2S/c1-12(16-20-19-15-6-4-3-5-11-21(15)16)18-17(22)13-7-9-14(10-8-13)24(2)23/h7-10,12H,3-6,11H2,1-2H3,(H,18,22). The molecule has 1 aromatic heterocycles. The van der Waals surface area contributed by atoms with Crippen molar-refractivity contribution in [3.8, 4) is 0 Å². The Balaban J connectivity index is 1.72. The van der Waals surface area contributed by atoms with Gasteiger partial charge >= 0.3 is 0 Å². The fraction of sp³-hybridized carbons (Fsp3) is 0.471. The highest BCUT2D eigenvalue weighted by atomic mass is 32.2. The number of aryl methyl sites for hydroxylation is 1. The number of benzene rings is 1. The van der Waals surface area contributed by atoms with E-state index < -0.39 is 10.8 Å². The first kappa shape index (κ1) is 16.8. The summed E-state index contributed by atoms with van der Waals surface area (Å²) in [5, 5.41) is 11.5. The van der Waals surface area contributed by atoms with E-state index >= 15 is 0 Å². The molecule has 6 nitrogen and oxygen atoms in total. The largest absolute Gasteiger partial charge is 0.342 e. The van der Waals surface area contributed by atoms with Crippen LogP contribution in [-0.4, -0.2) is 31.1 Å². The predicted octanol–water partition coefficient (Wildman–Crippen LogP) is 2.23. The molecule has 0 saturated carbocycles. The molecule has 1 aliphatic heterocycles. The summed E-state index contributed by atoms with van der Waals surface area (Å²) in [4.78, 5) is 13.1. The molecule has 128 valence electrons. The maximum atomic E-state index is 12.4.